The highest BCUT2D eigenvalue weighted by Crippen LogP contribution is 2.60. The second kappa shape index (κ2) is 8.31. The van der Waals surface area contributed by atoms with Gasteiger partial charge in [-0.1, -0.05) is 37.6 Å². The number of anilines is 1. The highest BCUT2D eigenvalue weighted by Gasteiger charge is 2.61. The van der Waals surface area contributed by atoms with Crippen molar-refractivity contribution in [1.29, 1.82) is 0 Å². The first-order valence-electron chi connectivity index (χ1n) is 10.6. The molecule has 2 unspecified atom stereocenters. The molecule has 2 atom stereocenters. The molecule has 1 N–H and O–H groups in total. The fraction of sp³-hybridized carbons (Fsp3) is 0.583. The summed E-state index contributed by atoms with van der Waals surface area (Å²) in [5, 5.41) is 3.03. The monoisotopic (exact) mass is 397 g/mol. The number of rotatable bonds is 5. The Kier molecular flexibility index (Phi) is 6.18. The van der Waals surface area contributed by atoms with Crippen LogP contribution in [0, 0.1) is 31.1 Å². The zero-order chi connectivity index (χ0) is 21.3. The summed E-state index contributed by atoms with van der Waals surface area (Å²) in [6.45, 7) is 15.9. The summed E-state index contributed by atoms with van der Waals surface area (Å²) in [5.74, 6) is 0.723. The predicted molar refractivity (Wildman–Crippen MR) is 118 cm³/mol. The molecule has 0 bridgehead atoms. The summed E-state index contributed by atoms with van der Waals surface area (Å²) < 4.78 is 0. The standard InChI is InChI=1S/C24H35N3O2/c1-16(2)14-19-22(24(19,5)6)23(29)27-12-10-26(11-13-27)15-21(28)25-20-9-7-8-17(3)18(20)4/h7-9,14,19,22H,10-13,15H2,1-6H3,(H,25,28). The quantitative estimate of drug-likeness (QED) is 0.772. The minimum Gasteiger partial charge on any atom is -0.340 e. The van der Waals surface area contributed by atoms with Crippen LogP contribution < -0.4 is 5.32 Å². The topological polar surface area (TPSA) is 52.7 Å². The van der Waals surface area contributed by atoms with Crippen molar-refractivity contribution >= 4 is 17.5 Å². The lowest BCUT2D eigenvalue weighted by Gasteiger charge is -2.34. The van der Waals surface area contributed by atoms with Crippen molar-refractivity contribution in [3.8, 4) is 0 Å². The van der Waals surface area contributed by atoms with Gasteiger partial charge in [-0.2, -0.15) is 0 Å². The Hall–Kier alpha value is -2.14. The summed E-state index contributed by atoms with van der Waals surface area (Å²) in [6.07, 6.45) is 2.25. The third-order valence-corrected chi connectivity index (χ3v) is 6.62. The maximum absolute atomic E-state index is 13.0. The first-order chi connectivity index (χ1) is 13.6. The van der Waals surface area contributed by atoms with Gasteiger partial charge in [0.1, 0.15) is 0 Å². The molecular weight excluding hydrogens is 362 g/mol. The third-order valence-electron chi connectivity index (χ3n) is 6.62. The number of piperazine rings is 1. The molecule has 1 aliphatic carbocycles. The molecule has 0 spiro atoms. The average Bonchev–Trinajstić information content (AvgIpc) is 3.18. The van der Waals surface area contributed by atoms with Gasteiger partial charge < -0.3 is 10.2 Å². The first-order valence-corrected chi connectivity index (χ1v) is 10.6. The van der Waals surface area contributed by atoms with Gasteiger partial charge in [-0.05, 0) is 56.2 Å². The minimum absolute atomic E-state index is 0.00502. The lowest BCUT2D eigenvalue weighted by atomic mass is 10.1. The minimum atomic E-state index is 0.00502. The Bertz CT molecular complexity index is 815. The first kappa shape index (κ1) is 21.6. The largest absolute Gasteiger partial charge is 0.340 e. The fourth-order valence-electron chi connectivity index (χ4n) is 4.42. The van der Waals surface area contributed by atoms with Crippen molar-refractivity contribution in [2.24, 2.45) is 17.3 Å². The summed E-state index contributed by atoms with van der Waals surface area (Å²) in [4.78, 5) is 29.6. The number of aryl methyl sites for hydroxylation is 1. The molecule has 1 saturated carbocycles. The Balaban J connectivity index is 1.49. The second-order valence-corrected chi connectivity index (χ2v) is 9.47. The highest BCUT2D eigenvalue weighted by molar-refractivity contribution is 5.93. The van der Waals surface area contributed by atoms with Gasteiger partial charge in [0, 0.05) is 31.9 Å². The number of carbonyl (C=O) groups is 2. The molecule has 1 aromatic rings. The van der Waals surface area contributed by atoms with E-state index in [9.17, 15) is 9.59 Å². The van der Waals surface area contributed by atoms with Crippen LogP contribution in [-0.4, -0.2) is 54.3 Å². The van der Waals surface area contributed by atoms with E-state index in [0.29, 0.717) is 25.6 Å². The summed E-state index contributed by atoms with van der Waals surface area (Å²) in [6, 6.07) is 5.95. The van der Waals surface area contributed by atoms with Gasteiger partial charge >= 0.3 is 0 Å². The molecule has 1 heterocycles. The summed E-state index contributed by atoms with van der Waals surface area (Å²) >= 11 is 0. The molecule has 2 fully saturated rings. The number of carbonyl (C=O) groups excluding carboxylic acids is 2. The average molecular weight is 398 g/mol. The van der Waals surface area contributed by atoms with Crippen molar-refractivity contribution in [2.45, 2.75) is 41.5 Å². The van der Waals surface area contributed by atoms with Crippen LogP contribution in [0.4, 0.5) is 5.69 Å². The van der Waals surface area contributed by atoms with Gasteiger partial charge in [-0.25, -0.2) is 0 Å². The Morgan fingerprint density at radius 1 is 1.14 bits per heavy atom. The van der Waals surface area contributed by atoms with Crippen LogP contribution in [0.25, 0.3) is 0 Å². The van der Waals surface area contributed by atoms with Gasteiger partial charge in [0.2, 0.25) is 11.8 Å². The third kappa shape index (κ3) is 4.72. The normalized spacial score (nSPS) is 23.4. The Morgan fingerprint density at radius 3 is 2.41 bits per heavy atom. The van der Waals surface area contributed by atoms with Gasteiger partial charge in [0.15, 0.2) is 0 Å². The van der Waals surface area contributed by atoms with Crippen molar-refractivity contribution in [3.05, 3.63) is 41.0 Å². The van der Waals surface area contributed by atoms with E-state index in [2.05, 4.69) is 44.0 Å². The van der Waals surface area contributed by atoms with E-state index in [1.165, 1.54) is 11.1 Å². The van der Waals surface area contributed by atoms with E-state index in [1.807, 2.05) is 36.9 Å². The van der Waals surface area contributed by atoms with E-state index in [0.717, 1.165) is 24.3 Å². The van der Waals surface area contributed by atoms with E-state index in [1.54, 1.807) is 0 Å². The molecule has 1 aliphatic heterocycles. The smallest absolute Gasteiger partial charge is 0.238 e. The van der Waals surface area contributed by atoms with E-state index < -0.39 is 0 Å². The van der Waals surface area contributed by atoms with Crippen molar-refractivity contribution in [3.63, 3.8) is 0 Å². The molecule has 1 aromatic carbocycles. The number of hydrogen-bond acceptors (Lipinski definition) is 3. The predicted octanol–water partition coefficient (Wildman–Crippen LogP) is 3.62. The zero-order valence-electron chi connectivity index (χ0n) is 18.7. The lowest BCUT2D eigenvalue weighted by Crippen LogP contribution is -2.51. The van der Waals surface area contributed by atoms with Gasteiger partial charge in [0.25, 0.3) is 0 Å². The molecule has 5 nitrogen and oxygen atoms in total. The molecule has 0 radical (unpaired) electrons. The number of amides is 2. The molecule has 5 heteroatoms. The van der Waals surface area contributed by atoms with Crippen LogP contribution in [-0.2, 0) is 9.59 Å². The van der Waals surface area contributed by atoms with E-state index >= 15 is 0 Å². The van der Waals surface area contributed by atoms with Crippen LogP contribution >= 0.6 is 0 Å². The maximum atomic E-state index is 13.0. The fourth-order valence-corrected chi connectivity index (χ4v) is 4.42. The maximum Gasteiger partial charge on any atom is 0.238 e. The molecule has 0 aromatic heterocycles. The molecule has 3 rings (SSSR count). The number of benzene rings is 1. The van der Waals surface area contributed by atoms with Gasteiger partial charge in [-0.15, -0.1) is 0 Å². The molecule has 29 heavy (non-hydrogen) atoms. The molecule has 1 saturated heterocycles. The lowest BCUT2D eigenvalue weighted by molar-refractivity contribution is -0.135. The number of nitrogens with one attached hydrogen (secondary N) is 1. The van der Waals surface area contributed by atoms with Crippen molar-refractivity contribution < 1.29 is 9.59 Å². The van der Waals surface area contributed by atoms with Gasteiger partial charge in [-0.3, -0.25) is 14.5 Å². The van der Waals surface area contributed by atoms with Crippen molar-refractivity contribution in [2.75, 3.05) is 38.0 Å². The SMILES string of the molecule is CC(C)=CC1C(C(=O)N2CCN(CC(=O)Nc3cccc(C)c3C)CC2)C1(C)C. The zero-order valence-corrected chi connectivity index (χ0v) is 18.7. The molecular formula is C24H35N3O2. The Labute approximate surface area is 175 Å². The van der Waals surface area contributed by atoms with Gasteiger partial charge in [0.05, 0.1) is 12.5 Å². The molecule has 2 amide bonds. The number of nitrogens with zero attached hydrogens (tertiary/aromatic N) is 2. The second-order valence-electron chi connectivity index (χ2n) is 9.47. The number of hydrogen-bond donors (Lipinski definition) is 1. The van der Waals surface area contributed by atoms with Crippen LogP contribution in [0.5, 0.6) is 0 Å². The van der Waals surface area contributed by atoms with Crippen LogP contribution in [0.3, 0.4) is 0 Å². The summed E-state index contributed by atoms with van der Waals surface area (Å²) in [5.41, 5.74) is 4.48. The molecule has 158 valence electrons. The van der Waals surface area contributed by atoms with Crippen LogP contribution in [0.2, 0.25) is 0 Å². The van der Waals surface area contributed by atoms with E-state index in [-0.39, 0.29) is 23.1 Å². The number of allylic oxidation sites excluding steroid dienone is 2. The van der Waals surface area contributed by atoms with Crippen LogP contribution in [0.1, 0.15) is 38.8 Å². The molecule has 2 aliphatic rings. The highest BCUT2D eigenvalue weighted by atomic mass is 16.2. The van der Waals surface area contributed by atoms with Crippen LogP contribution in [0.15, 0.2) is 29.8 Å². The van der Waals surface area contributed by atoms with E-state index in [4.69, 9.17) is 0 Å². The summed E-state index contributed by atoms with van der Waals surface area (Å²) in [7, 11) is 0. The Morgan fingerprint density at radius 2 is 1.79 bits per heavy atom. The van der Waals surface area contributed by atoms with Crippen molar-refractivity contribution in [1.82, 2.24) is 9.80 Å².